The normalized spacial score (nSPS) is 10.8. The third-order valence-electron chi connectivity index (χ3n) is 3.00. The standard InChI is InChI=1S/C15H18ClN3OS/c1-19(7-6-12-3-2-8-21-12)10-15(20)18-14-9-11(17)4-5-13(14)16/h2-5,8-9H,6-7,10,17H2,1H3,(H,18,20). The molecule has 4 nitrogen and oxygen atoms in total. The Morgan fingerprint density at radius 1 is 1.43 bits per heavy atom. The van der Waals surface area contributed by atoms with Crippen LogP contribution in [0.3, 0.4) is 0 Å². The zero-order valence-electron chi connectivity index (χ0n) is 11.8. The number of thiophene rings is 1. The highest BCUT2D eigenvalue weighted by molar-refractivity contribution is 7.09. The van der Waals surface area contributed by atoms with Gasteiger partial charge < -0.3 is 11.1 Å². The lowest BCUT2D eigenvalue weighted by atomic mass is 10.2. The lowest BCUT2D eigenvalue weighted by molar-refractivity contribution is -0.117. The van der Waals surface area contributed by atoms with Gasteiger partial charge in [-0.25, -0.2) is 0 Å². The maximum Gasteiger partial charge on any atom is 0.238 e. The monoisotopic (exact) mass is 323 g/mol. The van der Waals surface area contributed by atoms with Crippen LogP contribution in [-0.2, 0) is 11.2 Å². The predicted molar refractivity (Wildman–Crippen MR) is 90.0 cm³/mol. The summed E-state index contributed by atoms with van der Waals surface area (Å²) in [6, 6.07) is 9.17. The number of anilines is 2. The number of hydrogen-bond donors (Lipinski definition) is 2. The van der Waals surface area contributed by atoms with Gasteiger partial charge in [0.05, 0.1) is 17.3 Å². The van der Waals surface area contributed by atoms with Crippen molar-refractivity contribution in [3.05, 3.63) is 45.6 Å². The summed E-state index contributed by atoms with van der Waals surface area (Å²) in [6.07, 6.45) is 0.945. The first kappa shape index (κ1) is 15.8. The quantitative estimate of drug-likeness (QED) is 0.803. The second-order valence-corrected chi connectivity index (χ2v) is 6.29. The number of rotatable bonds is 6. The maximum atomic E-state index is 12.0. The van der Waals surface area contributed by atoms with Crippen molar-refractivity contribution in [1.29, 1.82) is 0 Å². The first-order valence-electron chi connectivity index (χ1n) is 6.60. The Labute approximate surface area is 133 Å². The Hall–Kier alpha value is -1.56. The molecule has 3 N–H and O–H groups in total. The Balaban J connectivity index is 1.82. The molecular weight excluding hydrogens is 306 g/mol. The topological polar surface area (TPSA) is 58.4 Å². The minimum Gasteiger partial charge on any atom is -0.399 e. The number of hydrogen-bond acceptors (Lipinski definition) is 4. The largest absolute Gasteiger partial charge is 0.399 e. The smallest absolute Gasteiger partial charge is 0.238 e. The van der Waals surface area contributed by atoms with Crippen molar-refractivity contribution in [3.8, 4) is 0 Å². The van der Waals surface area contributed by atoms with Crippen molar-refractivity contribution in [3.63, 3.8) is 0 Å². The van der Waals surface area contributed by atoms with Crippen LogP contribution < -0.4 is 11.1 Å². The van der Waals surface area contributed by atoms with E-state index in [1.165, 1.54) is 4.88 Å². The molecule has 2 aromatic rings. The molecule has 0 spiro atoms. The van der Waals surface area contributed by atoms with Gasteiger partial charge >= 0.3 is 0 Å². The van der Waals surface area contributed by atoms with E-state index < -0.39 is 0 Å². The summed E-state index contributed by atoms with van der Waals surface area (Å²) in [5.41, 5.74) is 6.81. The summed E-state index contributed by atoms with van der Waals surface area (Å²) in [6.45, 7) is 1.15. The number of carbonyl (C=O) groups is 1. The Morgan fingerprint density at radius 2 is 2.24 bits per heavy atom. The summed E-state index contributed by atoms with van der Waals surface area (Å²) >= 11 is 7.75. The molecule has 1 aromatic heterocycles. The van der Waals surface area contributed by atoms with Gasteiger partial charge in [0, 0.05) is 17.1 Å². The summed E-state index contributed by atoms with van der Waals surface area (Å²) in [4.78, 5) is 15.3. The predicted octanol–water partition coefficient (Wildman–Crippen LogP) is 3.10. The summed E-state index contributed by atoms with van der Waals surface area (Å²) < 4.78 is 0. The minimum absolute atomic E-state index is 0.101. The molecule has 0 atom stereocenters. The van der Waals surface area contributed by atoms with E-state index in [1.54, 1.807) is 29.5 Å². The Bertz CT molecular complexity index is 601. The molecule has 1 heterocycles. The minimum atomic E-state index is -0.101. The second-order valence-electron chi connectivity index (χ2n) is 4.85. The summed E-state index contributed by atoms with van der Waals surface area (Å²) in [5.74, 6) is -0.101. The first-order valence-corrected chi connectivity index (χ1v) is 7.86. The van der Waals surface area contributed by atoms with Gasteiger partial charge in [-0.1, -0.05) is 17.7 Å². The molecule has 0 saturated heterocycles. The third-order valence-corrected chi connectivity index (χ3v) is 4.26. The average molecular weight is 324 g/mol. The Kier molecular flexibility index (Phi) is 5.61. The van der Waals surface area contributed by atoms with Gasteiger partial charge in [-0.05, 0) is 43.1 Å². The van der Waals surface area contributed by atoms with Crippen molar-refractivity contribution in [2.75, 3.05) is 31.2 Å². The zero-order chi connectivity index (χ0) is 15.2. The van der Waals surface area contributed by atoms with E-state index in [1.807, 2.05) is 18.0 Å². The third kappa shape index (κ3) is 5.04. The molecule has 112 valence electrons. The summed E-state index contributed by atoms with van der Waals surface area (Å²) in [5, 5.41) is 5.33. The number of likely N-dealkylation sites (N-methyl/N-ethyl adjacent to an activating group) is 1. The molecule has 0 bridgehead atoms. The molecular formula is C15H18ClN3OS. The molecule has 2 rings (SSSR count). The van der Waals surface area contributed by atoms with Crippen LogP contribution in [0.15, 0.2) is 35.7 Å². The first-order chi connectivity index (χ1) is 10.0. The molecule has 1 amide bonds. The van der Waals surface area contributed by atoms with Crippen LogP contribution in [-0.4, -0.2) is 30.9 Å². The number of nitrogens with zero attached hydrogens (tertiary/aromatic N) is 1. The highest BCUT2D eigenvalue weighted by Crippen LogP contribution is 2.23. The van der Waals surface area contributed by atoms with E-state index in [0.29, 0.717) is 22.9 Å². The van der Waals surface area contributed by atoms with E-state index in [0.717, 1.165) is 13.0 Å². The fourth-order valence-electron chi connectivity index (χ4n) is 1.91. The van der Waals surface area contributed by atoms with Gasteiger partial charge in [0.25, 0.3) is 0 Å². The highest BCUT2D eigenvalue weighted by Gasteiger charge is 2.09. The maximum absolute atomic E-state index is 12.0. The van der Waals surface area contributed by atoms with Crippen molar-refractivity contribution in [1.82, 2.24) is 4.90 Å². The van der Waals surface area contributed by atoms with Crippen LogP contribution in [0.2, 0.25) is 5.02 Å². The van der Waals surface area contributed by atoms with Crippen LogP contribution in [0.4, 0.5) is 11.4 Å². The van der Waals surface area contributed by atoms with Crippen molar-refractivity contribution < 1.29 is 4.79 Å². The SMILES string of the molecule is CN(CCc1cccs1)CC(=O)Nc1cc(N)ccc1Cl. The number of benzene rings is 1. The van der Waals surface area contributed by atoms with Gasteiger partial charge in [0.1, 0.15) is 0 Å². The number of nitrogen functional groups attached to an aromatic ring is 1. The van der Waals surface area contributed by atoms with Gasteiger partial charge in [-0.15, -0.1) is 11.3 Å². The molecule has 0 aliphatic rings. The lowest BCUT2D eigenvalue weighted by Crippen LogP contribution is -2.31. The van der Waals surface area contributed by atoms with E-state index in [9.17, 15) is 4.79 Å². The van der Waals surface area contributed by atoms with E-state index in [2.05, 4.69) is 16.8 Å². The molecule has 0 aliphatic carbocycles. The van der Waals surface area contributed by atoms with Crippen LogP contribution >= 0.6 is 22.9 Å². The molecule has 0 aliphatic heterocycles. The number of nitrogens with one attached hydrogen (secondary N) is 1. The molecule has 1 aromatic carbocycles. The van der Waals surface area contributed by atoms with Crippen LogP contribution in [0.1, 0.15) is 4.88 Å². The number of carbonyl (C=O) groups excluding carboxylic acids is 1. The average Bonchev–Trinajstić information content (AvgIpc) is 2.94. The van der Waals surface area contributed by atoms with Crippen molar-refractivity contribution in [2.45, 2.75) is 6.42 Å². The lowest BCUT2D eigenvalue weighted by Gasteiger charge is -2.16. The number of halogens is 1. The van der Waals surface area contributed by atoms with Crippen molar-refractivity contribution >= 4 is 40.2 Å². The van der Waals surface area contributed by atoms with Crippen LogP contribution in [0, 0.1) is 0 Å². The second kappa shape index (κ2) is 7.45. The van der Waals surface area contributed by atoms with Crippen LogP contribution in [0.5, 0.6) is 0 Å². The molecule has 6 heteroatoms. The van der Waals surface area contributed by atoms with Crippen molar-refractivity contribution in [2.24, 2.45) is 0 Å². The Morgan fingerprint density at radius 3 is 2.95 bits per heavy atom. The van der Waals surface area contributed by atoms with Gasteiger partial charge in [-0.2, -0.15) is 0 Å². The summed E-state index contributed by atoms with van der Waals surface area (Å²) in [7, 11) is 1.92. The van der Waals surface area contributed by atoms with E-state index in [4.69, 9.17) is 17.3 Å². The molecule has 0 radical (unpaired) electrons. The number of amides is 1. The zero-order valence-corrected chi connectivity index (χ0v) is 13.4. The molecule has 0 saturated carbocycles. The van der Waals surface area contributed by atoms with E-state index >= 15 is 0 Å². The van der Waals surface area contributed by atoms with Crippen LogP contribution in [0.25, 0.3) is 0 Å². The van der Waals surface area contributed by atoms with Gasteiger partial charge in [-0.3, -0.25) is 9.69 Å². The van der Waals surface area contributed by atoms with Gasteiger partial charge in [0.15, 0.2) is 0 Å². The molecule has 21 heavy (non-hydrogen) atoms. The van der Waals surface area contributed by atoms with Gasteiger partial charge in [0.2, 0.25) is 5.91 Å². The van der Waals surface area contributed by atoms with E-state index in [-0.39, 0.29) is 5.91 Å². The number of nitrogens with two attached hydrogens (primary N) is 1. The fraction of sp³-hybridized carbons (Fsp3) is 0.267. The molecule has 0 unspecified atom stereocenters. The highest BCUT2D eigenvalue weighted by atomic mass is 35.5. The molecule has 0 fully saturated rings. The fourth-order valence-corrected chi connectivity index (χ4v) is 2.77.